The van der Waals surface area contributed by atoms with Gasteiger partial charge in [-0.05, 0) is 81.5 Å². The van der Waals surface area contributed by atoms with Crippen molar-refractivity contribution in [1.82, 2.24) is 5.32 Å². The van der Waals surface area contributed by atoms with E-state index in [0.717, 1.165) is 31.0 Å². The molecule has 3 aliphatic carbocycles. The maximum atomic E-state index is 11.6. The molecular formula is C21H37NO3. The first-order valence-electron chi connectivity index (χ1n) is 10.0. The molecule has 0 aromatic carbocycles. The lowest BCUT2D eigenvalue weighted by Crippen LogP contribution is -2.60. The summed E-state index contributed by atoms with van der Waals surface area (Å²) in [6.45, 7) is 13.0. The standard InChI is InChI=1S/C21H37NO3/c1-14-7-8-15-19(5,6)16-13-20(14,15)9-10-21(16,11-12-23)22-17(24)25-18(2,3)4/h12,14-17,22,24H,7-11,13H2,1-6H3/t14-,15+,16+,17?,20?,21?/m1/s1. The highest BCUT2D eigenvalue weighted by Gasteiger charge is 2.68. The van der Waals surface area contributed by atoms with E-state index in [2.05, 4.69) is 26.1 Å². The summed E-state index contributed by atoms with van der Waals surface area (Å²) in [5, 5.41) is 13.9. The summed E-state index contributed by atoms with van der Waals surface area (Å²) in [6.07, 6.45) is 6.36. The van der Waals surface area contributed by atoms with Crippen molar-refractivity contribution in [2.24, 2.45) is 28.6 Å². The third kappa shape index (κ3) is 2.98. The smallest absolute Gasteiger partial charge is 0.214 e. The van der Waals surface area contributed by atoms with Crippen molar-refractivity contribution in [2.75, 3.05) is 0 Å². The summed E-state index contributed by atoms with van der Waals surface area (Å²) in [5.74, 6) is 1.90. The number of hydrogen-bond donors (Lipinski definition) is 2. The minimum absolute atomic E-state index is 0.179. The molecule has 3 saturated carbocycles. The molecule has 0 aromatic heterocycles. The highest BCUT2D eigenvalue weighted by atomic mass is 16.6. The van der Waals surface area contributed by atoms with Crippen LogP contribution >= 0.6 is 0 Å². The fourth-order valence-electron chi connectivity index (χ4n) is 6.97. The molecule has 3 aliphatic rings. The van der Waals surface area contributed by atoms with Crippen molar-refractivity contribution in [2.45, 2.75) is 97.6 Å². The van der Waals surface area contributed by atoms with E-state index in [4.69, 9.17) is 4.74 Å². The molecule has 4 nitrogen and oxygen atoms in total. The number of rotatable bonds is 5. The minimum atomic E-state index is -1.04. The molecular weight excluding hydrogens is 314 g/mol. The topological polar surface area (TPSA) is 58.6 Å². The number of aliphatic hydroxyl groups excluding tert-OH is 1. The van der Waals surface area contributed by atoms with Crippen molar-refractivity contribution in [1.29, 1.82) is 0 Å². The van der Waals surface area contributed by atoms with Crippen molar-refractivity contribution < 1.29 is 14.6 Å². The zero-order valence-electron chi connectivity index (χ0n) is 16.9. The first-order valence-corrected chi connectivity index (χ1v) is 10.0. The minimum Gasteiger partial charge on any atom is -0.356 e. The van der Waals surface area contributed by atoms with Gasteiger partial charge >= 0.3 is 0 Å². The van der Waals surface area contributed by atoms with Crippen LogP contribution in [0.3, 0.4) is 0 Å². The Kier molecular flexibility index (Phi) is 4.66. The first-order chi connectivity index (χ1) is 11.5. The second-order valence-electron chi connectivity index (χ2n) is 10.6. The summed E-state index contributed by atoms with van der Waals surface area (Å²) < 4.78 is 5.73. The Balaban J connectivity index is 1.90. The molecule has 3 rings (SSSR count). The number of carbonyl (C=O) groups excluding carboxylic acids is 1. The van der Waals surface area contributed by atoms with Gasteiger partial charge in [0, 0.05) is 12.0 Å². The quantitative estimate of drug-likeness (QED) is 0.583. The summed E-state index contributed by atoms with van der Waals surface area (Å²) >= 11 is 0. The molecule has 0 heterocycles. The summed E-state index contributed by atoms with van der Waals surface area (Å²) in [6, 6.07) is 0. The van der Waals surface area contributed by atoms with Gasteiger partial charge in [-0.25, -0.2) is 0 Å². The zero-order valence-corrected chi connectivity index (χ0v) is 16.9. The summed E-state index contributed by atoms with van der Waals surface area (Å²) in [4.78, 5) is 11.6. The van der Waals surface area contributed by atoms with Crippen LogP contribution in [0.5, 0.6) is 0 Å². The van der Waals surface area contributed by atoms with E-state index in [9.17, 15) is 9.90 Å². The average Bonchev–Trinajstić information content (AvgIpc) is 2.87. The predicted molar refractivity (Wildman–Crippen MR) is 98.8 cm³/mol. The molecule has 1 spiro atoms. The van der Waals surface area contributed by atoms with Crippen LogP contribution in [-0.4, -0.2) is 28.9 Å². The van der Waals surface area contributed by atoms with Gasteiger partial charge in [-0.1, -0.05) is 20.8 Å². The van der Waals surface area contributed by atoms with E-state index in [1.54, 1.807) is 0 Å². The van der Waals surface area contributed by atoms with E-state index in [1.165, 1.54) is 19.3 Å². The third-order valence-electron chi connectivity index (χ3n) is 7.97. The van der Waals surface area contributed by atoms with Crippen molar-refractivity contribution in [3.63, 3.8) is 0 Å². The molecule has 0 aromatic rings. The SMILES string of the molecule is C[C@@H]1CC[C@H]2C(C)(C)[C@@H]3CC12CCC3(CC=O)NC(O)OC(C)(C)C. The number of nitrogens with one attached hydrogen (secondary N) is 1. The van der Waals surface area contributed by atoms with Gasteiger partial charge in [0.05, 0.1) is 5.60 Å². The lowest BCUT2D eigenvalue weighted by Gasteiger charge is -2.50. The Hall–Kier alpha value is -0.450. The van der Waals surface area contributed by atoms with Gasteiger partial charge in [0.1, 0.15) is 6.29 Å². The fraction of sp³-hybridized carbons (Fsp3) is 0.952. The first kappa shape index (κ1) is 19.3. The number of fused-ring (bicyclic) bond motifs is 1. The van der Waals surface area contributed by atoms with Crippen LogP contribution in [-0.2, 0) is 9.53 Å². The van der Waals surface area contributed by atoms with E-state index >= 15 is 0 Å². The van der Waals surface area contributed by atoms with Crippen molar-refractivity contribution in [3.05, 3.63) is 0 Å². The monoisotopic (exact) mass is 351 g/mol. The van der Waals surface area contributed by atoms with E-state index < -0.39 is 12.0 Å². The highest BCUT2D eigenvalue weighted by molar-refractivity contribution is 5.52. The van der Waals surface area contributed by atoms with Crippen LogP contribution < -0.4 is 5.32 Å². The molecule has 0 radical (unpaired) electrons. The molecule has 0 saturated heterocycles. The lowest BCUT2D eigenvalue weighted by atomic mass is 9.61. The van der Waals surface area contributed by atoms with E-state index in [-0.39, 0.29) is 11.0 Å². The molecule has 25 heavy (non-hydrogen) atoms. The van der Waals surface area contributed by atoms with Gasteiger partial charge in [-0.2, -0.15) is 0 Å². The Morgan fingerprint density at radius 3 is 2.52 bits per heavy atom. The maximum absolute atomic E-state index is 11.6. The third-order valence-corrected chi connectivity index (χ3v) is 7.97. The number of aldehydes is 1. The predicted octanol–water partition coefficient (Wildman–Crippen LogP) is 3.87. The molecule has 2 N–H and O–H groups in total. The molecule has 4 heteroatoms. The van der Waals surface area contributed by atoms with Crippen LogP contribution in [0.15, 0.2) is 0 Å². The largest absolute Gasteiger partial charge is 0.356 e. The Morgan fingerprint density at radius 1 is 1.24 bits per heavy atom. The molecule has 2 bridgehead atoms. The lowest BCUT2D eigenvalue weighted by molar-refractivity contribution is -0.200. The molecule has 0 amide bonds. The summed E-state index contributed by atoms with van der Waals surface area (Å²) in [7, 11) is 0. The number of hydrogen-bond acceptors (Lipinski definition) is 4. The average molecular weight is 352 g/mol. The Labute approximate surface area is 153 Å². The van der Waals surface area contributed by atoms with Crippen LogP contribution in [0.25, 0.3) is 0 Å². The Morgan fingerprint density at radius 2 is 1.92 bits per heavy atom. The van der Waals surface area contributed by atoms with Gasteiger partial charge in [0.15, 0.2) is 0 Å². The maximum Gasteiger partial charge on any atom is 0.214 e. The highest BCUT2D eigenvalue weighted by Crippen LogP contribution is 2.73. The van der Waals surface area contributed by atoms with Gasteiger partial charge in [-0.15, -0.1) is 0 Å². The van der Waals surface area contributed by atoms with Crippen LogP contribution in [0, 0.1) is 28.6 Å². The zero-order chi connectivity index (χ0) is 18.7. The van der Waals surface area contributed by atoms with E-state index in [0.29, 0.717) is 17.8 Å². The van der Waals surface area contributed by atoms with Gasteiger partial charge in [0.25, 0.3) is 0 Å². The van der Waals surface area contributed by atoms with E-state index in [1.807, 2.05) is 20.8 Å². The number of aliphatic hydroxyl groups is 1. The second kappa shape index (κ2) is 6.03. The molecule has 3 unspecified atom stereocenters. The normalized spacial score (nSPS) is 43.7. The van der Waals surface area contributed by atoms with Crippen LogP contribution in [0.2, 0.25) is 0 Å². The van der Waals surface area contributed by atoms with Gasteiger partial charge < -0.3 is 14.6 Å². The fourth-order valence-corrected chi connectivity index (χ4v) is 6.97. The van der Waals surface area contributed by atoms with Crippen molar-refractivity contribution in [3.8, 4) is 0 Å². The molecule has 0 aliphatic heterocycles. The van der Waals surface area contributed by atoms with Gasteiger partial charge in [-0.3, -0.25) is 5.32 Å². The molecule has 3 fully saturated rings. The van der Waals surface area contributed by atoms with Gasteiger partial charge in [0.2, 0.25) is 6.41 Å². The van der Waals surface area contributed by atoms with Crippen LogP contribution in [0.1, 0.15) is 80.1 Å². The Bertz CT molecular complexity index is 526. The molecule has 144 valence electrons. The molecule has 6 atom stereocenters. The van der Waals surface area contributed by atoms with Crippen molar-refractivity contribution >= 4 is 6.29 Å². The summed E-state index contributed by atoms with van der Waals surface area (Å²) in [5.41, 5.74) is -0.164. The second-order valence-corrected chi connectivity index (χ2v) is 10.6. The van der Waals surface area contributed by atoms with Crippen LogP contribution in [0.4, 0.5) is 0 Å². The number of carbonyl (C=O) groups is 1. The number of ether oxygens (including phenoxy) is 1.